The fourth-order valence-electron chi connectivity index (χ4n) is 3.84. The van der Waals surface area contributed by atoms with Crippen molar-refractivity contribution in [3.8, 4) is 5.75 Å². The number of hydrogen-bond acceptors (Lipinski definition) is 3. The quantitative estimate of drug-likeness (QED) is 0.587. The summed E-state index contributed by atoms with van der Waals surface area (Å²) >= 11 is 0. The number of carboxylic acids is 1. The number of rotatable bonds is 3. The summed E-state index contributed by atoms with van der Waals surface area (Å²) in [7, 11) is 0. The number of phenolic OH excluding ortho intramolecular Hbond substituents is 1. The average molecular weight is 329 g/mol. The highest BCUT2D eigenvalue weighted by atomic mass is 16.4. The van der Waals surface area contributed by atoms with Gasteiger partial charge in [-0.2, -0.15) is 0 Å². The number of amides is 1. The first-order valence-corrected chi connectivity index (χ1v) is 8.24. The lowest BCUT2D eigenvalue weighted by Crippen LogP contribution is -2.36. The van der Waals surface area contributed by atoms with Crippen molar-refractivity contribution in [2.24, 2.45) is 23.7 Å². The Labute approximate surface area is 141 Å². The first-order valence-electron chi connectivity index (χ1n) is 8.24. The smallest absolute Gasteiger partial charge is 0.307 e. The maximum Gasteiger partial charge on any atom is 0.307 e. The molecule has 0 spiro atoms. The van der Waals surface area contributed by atoms with Gasteiger partial charge < -0.3 is 15.5 Å². The summed E-state index contributed by atoms with van der Waals surface area (Å²) in [6.45, 7) is 6.14. The standard InChI is InChI=1S/C19H23NO4/c1-19(2,3)12-6-7-14(21)13(9-12)20-17(22)15-10-4-5-11(8-10)16(15)18(23)24/h4-7,9-11,15-16,21H,8H2,1-3H3,(H,20,22)(H,23,24). The first-order chi connectivity index (χ1) is 11.2. The number of nitrogens with one attached hydrogen (secondary N) is 1. The number of benzene rings is 1. The van der Waals surface area contributed by atoms with Crippen LogP contribution in [0.1, 0.15) is 32.8 Å². The van der Waals surface area contributed by atoms with Crippen molar-refractivity contribution in [3.63, 3.8) is 0 Å². The molecule has 5 heteroatoms. The highest BCUT2D eigenvalue weighted by molar-refractivity contribution is 5.97. The van der Waals surface area contributed by atoms with Crippen molar-refractivity contribution in [1.29, 1.82) is 0 Å². The Balaban J connectivity index is 1.85. The van der Waals surface area contributed by atoms with Crippen LogP contribution in [0.3, 0.4) is 0 Å². The molecule has 0 aromatic heterocycles. The van der Waals surface area contributed by atoms with Gasteiger partial charge in [0.05, 0.1) is 17.5 Å². The molecule has 1 aromatic carbocycles. The van der Waals surface area contributed by atoms with Crippen molar-refractivity contribution < 1.29 is 19.8 Å². The second kappa shape index (κ2) is 5.65. The van der Waals surface area contributed by atoms with Gasteiger partial charge in [-0.25, -0.2) is 0 Å². The van der Waals surface area contributed by atoms with Gasteiger partial charge >= 0.3 is 5.97 Å². The van der Waals surface area contributed by atoms with E-state index in [9.17, 15) is 19.8 Å². The summed E-state index contributed by atoms with van der Waals surface area (Å²) in [5.41, 5.74) is 1.20. The number of phenols is 1. The van der Waals surface area contributed by atoms with Crippen LogP contribution in [0.25, 0.3) is 0 Å². The summed E-state index contributed by atoms with van der Waals surface area (Å²) in [4.78, 5) is 24.3. The third-order valence-electron chi connectivity index (χ3n) is 5.17. The van der Waals surface area contributed by atoms with E-state index in [1.165, 1.54) is 0 Å². The van der Waals surface area contributed by atoms with Gasteiger partial charge in [0, 0.05) is 0 Å². The molecule has 5 nitrogen and oxygen atoms in total. The number of aliphatic carboxylic acids is 1. The molecule has 4 unspecified atom stereocenters. The molecule has 1 aromatic rings. The number of carboxylic acid groups (broad SMARTS) is 1. The largest absolute Gasteiger partial charge is 0.506 e. The van der Waals surface area contributed by atoms with E-state index < -0.39 is 17.8 Å². The molecule has 4 atom stereocenters. The zero-order chi connectivity index (χ0) is 17.6. The monoisotopic (exact) mass is 329 g/mol. The second-order valence-electron chi connectivity index (χ2n) is 7.81. The predicted octanol–water partition coefficient (Wildman–Crippen LogP) is 3.15. The molecule has 128 valence electrons. The van der Waals surface area contributed by atoms with Crippen molar-refractivity contribution in [2.45, 2.75) is 32.6 Å². The molecule has 0 aliphatic heterocycles. The number of carbonyl (C=O) groups excluding carboxylic acids is 1. The third-order valence-corrected chi connectivity index (χ3v) is 5.17. The molecule has 2 aliphatic rings. The third kappa shape index (κ3) is 2.79. The Kier molecular flexibility index (Phi) is 3.90. The molecular weight excluding hydrogens is 306 g/mol. The summed E-state index contributed by atoms with van der Waals surface area (Å²) < 4.78 is 0. The molecule has 3 N–H and O–H groups in total. The van der Waals surface area contributed by atoms with E-state index in [1.54, 1.807) is 12.1 Å². The van der Waals surface area contributed by atoms with Crippen LogP contribution in [0.4, 0.5) is 5.69 Å². The van der Waals surface area contributed by atoms with Gasteiger partial charge in [-0.15, -0.1) is 0 Å². The Morgan fingerprint density at radius 2 is 1.75 bits per heavy atom. The predicted molar refractivity (Wildman–Crippen MR) is 90.8 cm³/mol. The van der Waals surface area contributed by atoms with E-state index in [0.717, 1.165) is 5.56 Å². The first kappa shape index (κ1) is 16.6. The van der Waals surface area contributed by atoms with Crippen molar-refractivity contribution in [3.05, 3.63) is 35.9 Å². The maximum atomic E-state index is 12.7. The van der Waals surface area contributed by atoms with Crippen LogP contribution < -0.4 is 5.32 Å². The van der Waals surface area contributed by atoms with Crippen LogP contribution in [0.15, 0.2) is 30.4 Å². The van der Waals surface area contributed by atoms with E-state index in [2.05, 4.69) is 5.32 Å². The van der Waals surface area contributed by atoms with Crippen LogP contribution >= 0.6 is 0 Å². The summed E-state index contributed by atoms with van der Waals surface area (Å²) in [5.74, 6) is -2.66. The average Bonchev–Trinajstić information content (AvgIpc) is 3.08. The van der Waals surface area contributed by atoms with Gasteiger partial charge in [0.2, 0.25) is 5.91 Å². The summed E-state index contributed by atoms with van der Waals surface area (Å²) in [6.07, 6.45) is 4.56. The zero-order valence-electron chi connectivity index (χ0n) is 14.1. The van der Waals surface area contributed by atoms with Gasteiger partial charge in [0.1, 0.15) is 5.75 Å². The fraction of sp³-hybridized carbons (Fsp3) is 0.474. The molecule has 24 heavy (non-hydrogen) atoms. The lowest BCUT2D eigenvalue weighted by atomic mass is 9.82. The van der Waals surface area contributed by atoms with Gasteiger partial charge in [0.25, 0.3) is 0 Å². The molecule has 1 amide bonds. The van der Waals surface area contributed by atoms with E-state index in [0.29, 0.717) is 12.1 Å². The van der Waals surface area contributed by atoms with Crippen LogP contribution in [0.5, 0.6) is 5.75 Å². The van der Waals surface area contributed by atoms with E-state index >= 15 is 0 Å². The van der Waals surface area contributed by atoms with E-state index in [-0.39, 0.29) is 28.9 Å². The number of hydrogen-bond donors (Lipinski definition) is 3. The number of fused-ring (bicyclic) bond motifs is 2. The lowest BCUT2D eigenvalue weighted by Gasteiger charge is -2.25. The summed E-state index contributed by atoms with van der Waals surface area (Å²) in [5, 5.41) is 22.3. The second-order valence-corrected chi connectivity index (χ2v) is 7.81. The van der Waals surface area contributed by atoms with Crippen LogP contribution in [0.2, 0.25) is 0 Å². The number of aromatic hydroxyl groups is 1. The normalized spacial score (nSPS) is 28.1. The Bertz CT molecular complexity index is 717. The molecule has 0 saturated heterocycles. The Morgan fingerprint density at radius 1 is 1.12 bits per heavy atom. The minimum absolute atomic E-state index is 0.0121. The zero-order valence-corrected chi connectivity index (χ0v) is 14.1. The minimum Gasteiger partial charge on any atom is -0.506 e. The van der Waals surface area contributed by atoms with Crippen molar-refractivity contribution in [1.82, 2.24) is 0 Å². The van der Waals surface area contributed by atoms with Gasteiger partial charge in [0.15, 0.2) is 0 Å². The lowest BCUT2D eigenvalue weighted by molar-refractivity contribution is -0.146. The molecule has 3 rings (SSSR count). The highest BCUT2D eigenvalue weighted by Crippen LogP contribution is 2.48. The number of anilines is 1. The summed E-state index contributed by atoms with van der Waals surface area (Å²) in [6, 6.07) is 5.14. The molecule has 1 saturated carbocycles. The SMILES string of the molecule is CC(C)(C)c1ccc(O)c(NC(=O)C2C3C=CC(C3)C2C(=O)O)c1. The Morgan fingerprint density at radius 3 is 2.33 bits per heavy atom. The van der Waals surface area contributed by atoms with E-state index in [1.807, 2.05) is 39.0 Å². The number of carbonyl (C=O) groups is 2. The fourth-order valence-corrected chi connectivity index (χ4v) is 3.84. The molecule has 2 aliphatic carbocycles. The molecule has 0 radical (unpaired) electrons. The molecule has 0 heterocycles. The van der Waals surface area contributed by atoms with Crippen LogP contribution in [0, 0.1) is 23.7 Å². The molecule has 2 bridgehead atoms. The van der Waals surface area contributed by atoms with Gasteiger partial charge in [-0.3, -0.25) is 9.59 Å². The minimum atomic E-state index is -0.931. The van der Waals surface area contributed by atoms with Crippen LogP contribution in [-0.4, -0.2) is 22.1 Å². The van der Waals surface area contributed by atoms with Gasteiger partial charge in [-0.05, 0) is 41.4 Å². The van der Waals surface area contributed by atoms with E-state index in [4.69, 9.17) is 0 Å². The molecule has 1 fully saturated rings. The maximum absolute atomic E-state index is 12.7. The molecular formula is C19H23NO4. The van der Waals surface area contributed by atoms with Crippen molar-refractivity contribution >= 4 is 17.6 Å². The van der Waals surface area contributed by atoms with Crippen molar-refractivity contribution in [2.75, 3.05) is 5.32 Å². The van der Waals surface area contributed by atoms with Gasteiger partial charge in [-0.1, -0.05) is 39.0 Å². The Hall–Kier alpha value is -2.30. The topological polar surface area (TPSA) is 86.6 Å². The van der Waals surface area contributed by atoms with Crippen LogP contribution in [-0.2, 0) is 15.0 Å². The highest BCUT2D eigenvalue weighted by Gasteiger charge is 2.51. The number of allylic oxidation sites excluding steroid dienone is 2.